The monoisotopic (exact) mass is 519 g/mol. The summed E-state index contributed by atoms with van der Waals surface area (Å²) in [5.74, 6) is 0. The molecule has 0 saturated heterocycles. The minimum absolute atomic E-state index is 0. The second-order valence-electron chi connectivity index (χ2n) is 0.866. The second kappa shape index (κ2) is 36.7. The fraction of sp³-hybridized carbons (Fsp3) is 0. The molecule has 16 heavy (non-hydrogen) atoms. The summed E-state index contributed by atoms with van der Waals surface area (Å²) in [5.41, 5.74) is 0. The maximum absolute atomic E-state index is 8.42. The summed E-state index contributed by atoms with van der Waals surface area (Å²) in [4.78, 5) is 0. The van der Waals surface area contributed by atoms with E-state index < -0.39 is 22.0 Å². The van der Waals surface area contributed by atoms with E-state index >= 15 is 0 Å². The molecule has 0 bridgehead atoms. The van der Waals surface area contributed by atoms with Crippen molar-refractivity contribution in [3.63, 3.8) is 0 Å². The van der Waals surface area contributed by atoms with Crippen molar-refractivity contribution in [3.05, 3.63) is 0 Å². The summed E-state index contributed by atoms with van der Waals surface area (Å²) in [7, 11) is -8.75. The van der Waals surface area contributed by atoms with Crippen LogP contribution in [-0.2, 0) is 0 Å². The molecule has 0 aromatic heterocycles. The SMILES string of the molecule is [Ca+2].[Ce+3].[La+3].[Na+].[O-]B([O-])[O-].[O-]B([O-])[O-].[O-]B([O-])[O-]. The zero-order chi connectivity index (χ0) is 10.7. The van der Waals surface area contributed by atoms with E-state index in [1.54, 1.807) is 0 Å². The van der Waals surface area contributed by atoms with Gasteiger partial charge in [-0.2, -0.15) is 0 Å². The Bertz CT molecular complexity index is 59.2. The molecule has 73 valence electrons. The molecule has 0 aliphatic rings. The summed E-state index contributed by atoms with van der Waals surface area (Å²) < 4.78 is 0. The predicted octanol–water partition coefficient (Wildman–Crippen LogP) is -15.2. The van der Waals surface area contributed by atoms with E-state index in [2.05, 4.69) is 0 Å². The van der Waals surface area contributed by atoms with Crippen LogP contribution >= 0.6 is 0 Å². The molecule has 0 fully saturated rings. The van der Waals surface area contributed by atoms with Crippen LogP contribution in [0.3, 0.4) is 0 Å². The van der Waals surface area contributed by atoms with Crippen molar-refractivity contribution < 1.29 is 152 Å². The molecule has 0 N–H and O–H groups in total. The second-order valence-corrected chi connectivity index (χ2v) is 0.866. The number of hydrogen-bond acceptors (Lipinski definition) is 9. The average molecular weight is 519 g/mol. The molecule has 0 amide bonds. The minimum atomic E-state index is -2.92. The van der Waals surface area contributed by atoms with Crippen molar-refractivity contribution in [1.82, 2.24) is 0 Å². The zero-order valence-corrected chi connectivity index (χ0v) is 19.2. The van der Waals surface area contributed by atoms with E-state index in [0.29, 0.717) is 0 Å². The van der Waals surface area contributed by atoms with Gasteiger partial charge in [-0.05, 0) is 0 Å². The van der Waals surface area contributed by atoms with Gasteiger partial charge < -0.3 is 45.2 Å². The third-order valence-electron chi connectivity index (χ3n) is 0. The first-order chi connectivity index (χ1) is 5.20. The molecule has 0 spiro atoms. The van der Waals surface area contributed by atoms with Crippen molar-refractivity contribution in [2.45, 2.75) is 0 Å². The van der Waals surface area contributed by atoms with E-state index in [9.17, 15) is 0 Å². The van der Waals surface area contributed by atoms with Gasteiger partial charge in [-0.3, -0.25) is 22.0 Å². The van der Waals surface area contributed by atoms with E-state index in [1.165, 1.54) is 0 Å². The molecule has 0 aromatic carbocycles. The first-order valence-electron chi connectivity index (χ1n) is 2.12. The predicted molar refractivity (Wildman–Crippen MR) is 23.0 cm³/mol. The van der Waals surface area contributed by atoms with Gasteiger partial charge in [-0.25, -0.2) is 0 Å². The van der Waals surface area contributed by atoms with Gasteiger partial charge in [0.1, 0.15) is 0 Å². The van der Waals surface area contributed by atoms with Crippen molar-refractivity contribution in [2.24, 2.45) is 0 Å². The topological polar surface area (TPSA) is 208 Å². The van der Waals surface area contributed by atoms with Crippen LogP contribution in [0.5, 0.6) is 0 Å². The molecule has 0 aromatic rings. The third kappa shape index (κ3) is 268. The van der Waals surface area contributed by atoms with Gasteiger partial charge in [0.15, 0.2) is 0 Å². The first-order valence-corrected chi connectivity index (χ1v) is 2.12. The summed E-state index contributed by atoms with van der Waals surface area (Å²) in [5, 5.41) is 75.8. The van der Waals surface area contributed by atoms with E-state index in [4.69, 9.17) is 45.2 Å². The molecule has 0 saturated carbocycles. The summed E-state index contributed by atoms with van der Waals surface area (Å²) in [6.45, 7) is 0. The van der Waals surface area contributed by atoms with Crippen LogP contribution < -0.4 is 74.8 Å². The molecule has 0 heterocycles. The summed E-state index contributed by atoms with van der Waals surface area (Å²) in [6, 6.07) is 0. The zero-order valence-electron chi connectivity index (χ0n) is 8.19. The van der Waals surface area contributed by atoms with Crippen LogP contribution in [0, 0.1) is 77.3 Å². The average Bonchev–Trinajstić information content (AvgIpc) is 1.54. The first kappa shape index (κ1) is 42.8. The van der Waals surface area contributed by atoms with Crippen molar-refractivity contribution >= 4 is 59.7 Å². The third-order valence-corrected chi connectivity index (χ3v) is 0. The Morgan fingerprint density at radius 1 is 0.500 bits per heavy atom. The maximum Gasteiger partial charge on any atom is 3.00 e. The molecule has 0 aliphatic heterocycles. The van der Waals surface area contributed by atoms with Gasteiger partial charge in [0.2, 0.25) is 0 Å². The van der Waals surface area contributed by atoms with Crippen LogP contribution in [0.15, 0.2) is 0 Å². The van der Waals surface area contributed by atoms with Gasteiger partial charge in [0.05, 0.1) is 0 Å². The molecule has 0 unspecified atom stereocenters. The van der Waals surface area contributed by atoms with E-state index in [0.717, 1.165) is 0 Å². The quantitative estimate of drug-likeness (QED) is 0.278. The van der Waals surface area contributed by atoms with Crippen LogP contribution in [0.2, 0.25) is 0 Å². The number of hydrogen-bond donors (Lipinski definition) is 0. The summed E-state index contributed by atoms with van der Waals surface area (Å²) >= 11 is 0. The molecule has 16 heteroatoms. The van der Waals surface area contributed by atoms with Crippen LogP contribution in [-0.4, -0.2) is 59.7 Å². The van der Waals surface area contributed by atoms with Gasteiger partial charge >= 0.3 is 145 Å². The molecule has 9 nitrogen and oxygen atoms in total. The van der Waals surface area contributed by atoms with Gasteiger partial charge in [-0.1, -0.05) is 0 Å². The Balaban J connectivity index is -0.0000000135. The molecular formula is B3CaCeLaNaO9. The molecule has 1 radical (unpaired) electrons. The largest absolute Gasteiger partial charge is 3.00 e. The standard InChI is InChI=1S/3BO3.Ca.Ce.La.Na/c3*2-1(3)4;;;;/q3*-3;+2;2*+3;+1. The Morgan fingerprint density at radius 3 is 0.500 bits per heavy atom. The van der Waals surface area contributed by atoms with Crippen LogP contribution in [0.25, 0.3) is 0 Å². The van der Waals surface area contributed by atoms with Gasteiger partial charge in [0, 0.05) is 0 Å². The van der Waals surface area contributed by atoms with E-state index in [1.807, 2.05) is 0 Å². The molecular weight excluding hydrogens is 519 g/mol. The smallest absolute Gasteiger partial charge is 0.907 e. The van der Waals surface area contributed by atoms with Crippen molar-refractivity contribution in [2.75, 3.05) is 0 Å². The Kier molecular flexibility index (Phi) is 98.1. The fourth-order valence-corrected chi connectivity index (χ4v) is 0. The van der Waals surface area contributed by atoms with Crippen molar-refractivity contribution in [1.29, 1.82) is 0 Å². The minimum Gasteiger partial charge on any atom is -0.907 e. The molecule has 0 aliphatic carbocycles. The summed E-state index contributed by atoms with van der Waals surface area (Å²) in [6.07, 6.45) is 0. The van der Waals surface area contributed by atoms with Crippen LogP contribution in [0.1, 0.15) is 0 Å². The maximum atomic E-state index is 8.42. The fourth-order valence-electron chi connectivity index (χ4n) is 0. The Labute approximate surface area is 207 Å². The Morgan fingerprint density at radius 2 is 0.500 bits per heavy atom. The van der Waals surface area contributed by atoms with Crippen molar-refractivity contribution in [3.8, 4) is 0 Å². The normalized spacial score (nSPS) is 5.06. The molecule has 0 rings (SSSR count). The van der Waals surface area contributed by atoms with Crippen LogP contribution in [0.4, 0.5) is 0 Å². The Hall–Kier alpha value is 4.67. The van der Waals surface area contributed by atoms with Gasteiger partial charge in [-0.15, -0.1) is 0 Å². The van der Waals surface area contributed by atoms with E-state index in [-0.39, 0.29) is 145 Å². The molecule has 0 atom stereocenters. The van der Waals surface area contributed by atoms with Gasteiger partial charge in [0.25, 0.3) is 0 Å². The number of rotatable bonds is 0.